The smallest absolute Gasteiger partial charge is 0.410 e. The average molecular weight is 296 g/mol. The van der Waals surface area contributed by atoms with Crippen molar-refractivity contribution in [2.24, 2.45) is 0 Å². The molecule has 2 rings (SSSR count). The first kappa shape index (κ1) is 15.0. The lowest BCUT2D eigenvalue weighted by atomic mass is 10.1. The minimum Gasteiger partial charge on any atom is -0.444 e. The average Bonchev–Trinajstić information content (AvgIpc) is 3.08. The SMILES string of the molecule is CN(C(=O)OC(C)(C)C)C(C=O)c1scnc1C1CC1. The minimum atomic E-state index is -0.618. The van der Waals surface area contributed by atoms with Crippen LogP contribution in [0.2, 0.25) is 0 Å². The molecule has 1 aromatic rings. The molecular weight excluding hydrogens is 276 g/mol. The van der Waals surface area contributed by atoms with Gasteiger partial charge < -0.3 is 9.53 Å². The van der Waals surface area contributed by atoms with Crippen molar-refractivity contribution in [1.82, 2.24) is 9.88 Å². The van der Waals surface area contributed by atoms with E-state index in [0.29, 0.717) is 5.92 Å². The summed E-state index contributed by atoms with van der Waals surface area (Å²) in [6.45, 7) is 5.41. The number of carbonyl (C=O) groups excluding carboxylic acids is 2. The highest BCUT2D eigenvalue weighted by Gasteiger charge is 2.34. The monoisotopic (exact) mass is 296 g/mol. The Kier molecular flexibility index (Phi) is 4.13. The summed E-state index contributed by atoms with van der Waals surface area (Å²) in [4.78, 5) is 30.1. The zero-order chi connectivity index (χ0) is 14.9. The van der Waals surface area contributed by atoms with E-state index < -0.39 is 17.7 Å². The quantitative estimate of drug-likeness (QED) is 0.801. The molecular formula is C14H20N2O3S. The molecule has 5 nitrogen and oxygen atoms in total. The van der Waals surface area contributed by atoms with E-state index >= 15 is 0 Å². The van der Waals surface area contributed by atoms with Gasteiger partial charge in [0.15, 0.2) is 0 Å². The highest BCUT2D eigenvalue weighted by molar-refractivity contribution is 7.10. The van der Waals surface area contributed by atoms with Gasteiger partial charge in [-0.25, -0.2) is 9.78 Å². The van der Waals surface area contributed by atoms with Gasteiger partial charge in [-0.1, -0.05) is 0 Å². The zero-order valence-electron chi connectivity index (χ0n) is 12.3. The third kappa shape index (κ3) is 3.36. The summed E-state index contributed by atoms with van der Waals surface area (Å²) < 4.78 is 5.31. The Bertz CT molecular complexity index is 503. The summed E-state index contributed by atoms with van der Waals surface area (Å²) in [6.07, 6.45) is 2.50. The Morgan fingerprint density at radius 3 is 2.70 bits per heavy atom. The summed E-state index contributed by atoms with van der Waals surface area (Å²) in [5.74, 6) is 0.450. The number of ether oxygens (including phenoxy) is 1. The number of hydrogen-bond donors (Lipinski definition) is 0. The largest absolute Gasteiger partial charge is 0.444 e. The van der Waals surface area contributed by atoms with Gasteiger partial charge in [0.25, 0.3) is 0 Å². The van der Waals surface area contributed by atoms with Gasteiger partial charge in [0.2, 0.25) is 0 Å². The van der Waals surface area contributed by atoms with Gasteiger partial charge in [-0.15, -0.1) is 11.3 Å². The van der Waals surface area contributed by atoms with Crippen molar-refractivity contribution in [2.45, 2.75) is 51.2 Å². The predicted molar refractivity (Wildman–Crippen MR) is 76.9 cm³/mol. The fourth-order valence-corrected chi connectivity index (χ4v) is 2.90. The molecule has 1 atom stereocenters. The van der Waals surface area contributed by atoms with Gasteiger partial charge in [-0.2, -0.15) is 0 Å². The maximum atomic E-state index is 12.1. The van der Waals surface area contributed by atoms with Gasteiger partial charge in [0.1, 0.15) is 17.9 Å². The van der Waals surface area contributed by atoms with Crippen LogP contribution < -0.4 is 0 Å². The molecule has 0 saturated heterocycles. The molecule has 0 N–H and O–H groups in total. The molecule has 0 spiro atoms. The van der Waals surface area contributed by atoms with Crippen molar-refractivity contribution in [3.8, 4) is 0 Å². The lowest BCUT2D eigenvalue weighted by molar-refractivity contribution is -0.112. The van der Waals surface area contributed by atoms with Crippen molar-refractivity contribution in [3.05, 3.63) is 16.1 Å². The number of nitrogens with zero attached hydrogens (tertiary/aromatic N) is 2. The summed E-state index contributed by atoms with van der Waals surface area (Å²) in [5.41, 5.74) is 2.12. The van der Waals surface area contributed by atoms with E-state index in [-0.39, 0.29) is 0 Å². The van der Waals surface area contributed by atoms with Gasteiger partial charge in [0.05, 0.1) is 16.1 Å². The first-order valence-corrected chi connectivity index (χ1v) is 7.56. The van der Waals surface area contributed by atoms with Crippen LogP contribution in [0.3, 0.4) is 0 Å². The zero-order valence-corrected chi connectivity index (χ0v) is 13.1. The number of hydrogen-bond acceptors (Lipinski definition) is 5. The highest BCUT2D eigenvalue weighted by atomic mass is 32.1. The molecule has 110 valence electrons. The Balaban J connectivity index is 2.16. The Hall–Kier alpha value is -1.43. The highest BCUT2D eigenvalue weighted by Crippen LogP contribution is 2.44. The first-order chi connectivity index (χ1) is 9.33. The van der Waals surface area contributed by atoms with Crippen molar-refractivity contribution in [1.29, 1.82) is 0 Å². The number of rotatable bonds is 4. The van der Waals surface area contributed by atoms with E-state index in [0.717, 1.165) is 29.7 Å². The van der Waals surface area contributed by atoms with E-state index in [9.17, 15) is 9.59 Å². The van der Waals surface area contributed by atoms with Crippen LogP contribution in [0.1, 0.15) is 56.1 Å². The van der Waals surface area contributed by atoms with Crippen molar-refractivity contribution >= 4 is 23.7 Å². The maximum absolute atomic E-state index is 12.1. The van der Waals surface area contributed by atoms with Crippen molar-refractivity contribution < 1.29 is 14.3 Å². The van der Waals surface area contributed by atoms with Crippen LogP contribution >= 0.6 is 11.3 Å². The van der Waals surface area contributed by atoms with Crippen LogP contribution in [0.4, 0.5) is 4.79 Å². The molecule has 20 heavy (non-hydrogen) atoms. The topological polar surface area (TPSA) is 59.5 Å². The number of carbonyl (C=O) groups is 2. The van der Waals surface area contributed by atoms with Crippen LogP contribution in [0.25, 0.3) is 0 Å². The molecule has 0 aliphatic heterocycles. The first-order valence-electron chi connectivity index (χ1n) is 6.68. The lowest BCUT2D eigenvalue weighted by Crippen LogP contribution is -2.37. The number of thiazole rings is 1. The van der Waals surface area contributed by atoms with E-state index in [4.69, 9.17) is 4.74 Å². The molecule has 0 bridgehead atoms. The molecule has 0 aromatic carbocycles. The van der Waals surface area contributed by atoms with Gasteiger partial charge in [0, 0.05) is 13.0 Å². The third-order valence-corrected chi connectivity index (χ3v) is 4.00. The lowest BCUT2D eigenvalue weighted by Gasteiger charge is -2.27. The number of aldehydes is 1. The molecule has 1 aromatic heterocycles. The molecule has 6 heteroatoms. The van der Waals surface area contributed by atoms with Crippen LogP contribution in [-0.2, 0) is 9.53 Å². The normalized spacial score (nSPS) is 16.6. The van der Waals surface area contributed by atoms with Crippen molar-refractivity contribution in [3.63, 3.8) is 0 Å². The van der Waals surface area contributed by atoms with E-state index in [1.165, 1.54) is 16.2 Å². The van der Waals surface area contributed by atoms with Crippen LogP contribution in [0.5, 0.6) is 0 Å². The Labute approximate surface area is 122 Å². The maximum Gasteiger partial charge on any atom is 0.410 e. The van der Waals surface area contributed by atoms with E-state index in [1.807, 2.05) is 0 Å². The summed E-state index contributed by atoms with van der Waals surface area (Å²) in [5, 5.41) is 0. The second-order valence-corrected chi connectivity index (χ2v) is 6.93. The summed E-state index contributed by atoms with van der Waals surface area (Å²) in [6, 6.07) is -0.618. The second kappa shape index (κ2) is 5.52. The van der Waals surface area contributed by atoms with E-state index in [2.05, 4.69) is 4.98 Å². The molecule has 1 aliphatic carbocycles. The Morgan fingerprint density at radius 2 is 2.20 bits per heavy atom. The van der Waals surface area contributed by atoms with Gasteiger partial charge in [-0.05, 0) is 33.6 Å². The molecule has 1 aliphatic rings. The van der Waals surface area contributed by atoms with Crippen LogP contribution in [-0.4, -0.2) is 34.9 Å². The standard InChI is InChI=1S/C14H20N2O3S/c1-14(2,3)19-13(18)16(4)10(7-17)12-11(9-5-6-9)15-8-20-12/h7-10H,5-6H2,1-4H3. The van der Waals surface area contributed by atoms with Crippen LogP contribution in [0.15, 0.2) is 5.51 Å². The number of amides is 1. The number of aromatic nitrogens is 1. The van der Waals surface area contributed by atoms with Crippen LogP contribution in [0, 0.1) is 0 Å². The molecule has 1 fully saturated rings. The number of likely N-dealkylation sites (N-methyl/N-ethyl adjacent to an activating group) is 1. The predicted octanol–water partition coefficient (Wildman–Crippen LogP) is 3.13. The van der Waals surface area contributed by atoms with Gasteiger partial charge in [-0.3, -0.25) is 4.90 Å². The van der Waals surface area contributed by atoms with Crippen molar-refractivity contribution in [2.75, 3.05) is 7.05 Å². The fraction of sp³-hybridized carbons (Fsp3) is 0.643. The summed E-state index contributed by atoms with van der Waals surface area (Å²) in [7, 11) is 1.59. The fourth-order valence-electron chi connectivity index (χ4n) is 1.92. The van der Waals surface area contributed by atoms with E-state index in [1.54, 1.807) is 33.3 Å². The molecule has 1 heterocycles. The minimum absolute atomic E-state index is 0.450. The van der Waals surface area contributed by atoms with Gasteiger partial charge >= 0.3 is 6.09 Å². The Morgan fingerprint density at radius 1 is 1.55 bits per heavy atom. The third-order valence-electron chi connectivity index (χ3n) is 3.08. The second-order valence-electron chi connectivity index (χ2n) is 6.05. The molecule has 1 amide bonds. The summed E-state index contributed by atoms with van der Waals surface area (Å²) >= 11 is 1.42. The molecule has 0 radical (unpaired) electrons. The molecule has 1 unspecified atom stereocenters. The molecule has 1 saturated carbocycles.